The lowest BCUT2D eigenvalue weighted by Crippen LogP contribution is -2.55. The second kappa shape index (κ2) is 7.65. The van der Waals surface area contributed by atoms with E-state index < -0.39 is 10.8 Å². The summed E-state index contributed by atoms with van der Waals surface area (Å²) in [5, 5.41) is 5.32. The third kappa shape index (κ3) is 2.96. The summed E-state index contributed by atoms with van der Waals surface area (Å²) in [6, 6.07) is 22.0. The summed E-state index contributed by atoms with van der Waals surface area (Å²) in [6.07, 6.45) is 0. The molecule has 1 saturated heterocycles. The number of nitrogens with one attached hydrogen (secondary N) is 3. The zero-order valence-corrected chi connectivity index (χ0v) is 19.2. The van der Waals surface area contributed by atoms with Crippen molar-refractivity contribution in [2.75, 3.05) is 11.1 Å². The van der Waals surface area contributed by atoms with E-state index in [1.54, 1.807) is 36.4 Å². The molecule has 2 aliphatic heterocycles. The highest BCUT2D eigenvalue weighted by molar-refractivity contribution is 8.02. The smallest absolute Gasteiger partial charge is 0.287 e. The molecular formula is C25H17ClN4O3S. The van der Waals surface area contributed by atoms with Gasteiger partial charge in [0.2, 0.25) is 4.87 Å². The van der Waals surface area contributed by atoms with Crippen LogP contribution in [0.2, 0.25) is 5.02 Å². The number of aromatic nitrogens is 1. The first kappa shape index (κ1) is 20.8. The first-order chi connectivity index (χ1) is 16.5. The fourth-order valence-corrected chi connectivity index (χ4v) is 6.02. The van der Waals surface area contributed by atoms with Crippen molar-refractivity contribution < 1.29 is 14.4 Å². The molecule has 6 rings (SSSR count). The molecule has 0 aliphatic carbocycles. The number of carbonyl (C=O) groups excluding carboxylic acids is 3. The highest BCUT2D eigenvalue weighted by Gasteiger charge is 2.59. The van der Waals surface area contributed by atoms with Crippen molar-refractivity contribution in [2.24, 2.45) is 0 Å². The molecule has 34 heavy (non-hydrogen) atoms. The average Bonchev–Trinajstić information content (AvgIpc) is 3.47. The van der Waals surface area contributed by atoms with Crippen LogP contribution in [0.15, 0.2) is 72.8 Å². The van der Waals surface area contributed by atoms with E-state index in [-0.39, 0.29) is 23.3 Å². The normalized spacial score (nSPS) is 19.0. The summed E-state index contributed by atoms with van der Waals surface area (Å²) >= 11 is 7.44. The van der Waals surface area contributed by atoms with Gasteiger partial charge in [0.1, 0.15) is 5.69 Å². The molecule has 2 aliphatic rings. The van der Waals surface area contributed by atoms with Gasteiger partial charge < -0.3 is 10.3 Å². The molecule has 1 unspecified atom stereocenters. The molecule has 1 aromatic heterocycles. The number of aromatic amines is 1. The van der Waals surface area contributed by atoms with Crippen molar-refractivity contribution in [3.05, 3.63) is 89.1 Å². The summed E-state index contributed by atoms with van der Waals surface area (Å²) in [4.78, 5) is 41.5. The summed E-state index contributed by atoms with van der Waals surface area (Å²) in [5.41, 5.74) is 6.49. The van der Waals surface area contributed by atoms with Gasteiger partial charge in [-0.3, -0.25) is 19.8 Å². The van der Waals surface area contributed by atoms with Gasteiger partial charge in [-0.15, -0.1) is 11.8 Å². The van der Waals surface area contributed by atoms with Crippen LogP contribution >= 0.6 is 23.4 Å². The molecule has 1 atom stereocenters. The molecular weight excluding hydrogens is 472 g/mol. The Morgan fingerprint density at radius 1 is 1.03 bits per heavy atom. The maximum Gasteiger partial charge on any atom is 0.287 e. The largest absolute Gasteiger partial charge is 0.350 e. The summed E-state index contributed by atoms with van der Waals surface area (Å²) in [5.74, 6) is -1.18. The van der Waals surface area contributed by atoms with E-state index >= 15 is 0 Å². The number of halogens is 1. The van der Waals surface area contributed by atoms with Crippen LogP contribution in [0.1, 0.15) is 16.1 Å². The highest BCUT2D eigenvalue weighted by Crippen LogP contribution is 2.51. The number of benzene rings is 3. The van der Waals surface area contributed by atoms with Crippen molar-refractivity contribution in [3.8, 4) is 11.1 Å². The number of para-hydroxylation sites is 1. The van der Waals surface area contributed by atoms with Crippen molar-refractivity contribution in [1.29, 1.82) is 0 Å². The molecule has 1 fully saturated rings. The van der Waals surface area contributed by atoms with Gasteiger partial charge in [0, 0.05) is 32.7 Å². The Morgan fingerprint density at radius 2 is 1.79 bits per heavy atom. The summed E-state index contributed by atoms with van der Waals surface area (Å²) < 4.78 is 0. The summed E-state index contributed by atoms with van der Waals surface area (Å²) in [6.45, 7) is 0. The van der Waals surface area contributed by atoms with E-state index in [0.717, 1.165) is 21.5 Å². The van der Waals surface area contributed by atoms with Crippen LogP contribution in [0.4, 0.5) is 5.69 Å². The van der Waals surface area contributed by atoms with E-state index in [0.29, 0.717) is 21.8 Å². The van der Waals surface area contributed by atoms with Crippen molar-refractivity contribution in [1.82, 2.24) is 15.4 Å². The van der Waals surface area contributed by atoms with Gasteiger partial charge >= 0.3 is 0 Å². The fraction of sp³-hybridized carbons (Fsp3) is 0.0800. The number of amides is 3. The predicted molar refractivity (Wildman–Crippen MR) is 132 cm³/mol. The van der Waals surface area contributed by atoms with Crippen LogP contribution in [0.25, 0.3) is 22.0 Å². The molecule has 3 amide bonds. The fourth-order valence-electron chi connectivity index (χ4n) is 4.59. The van der Waals surface area contributed by atoms with Gasteiger partial charge in [-0.1, -0.05) is 60.1 Å². The van der Waals surface area contributed by atoms with Gasteiger partial charge in [-0.25, -0.2) is 5.01 Å². The number of rotatable bonds is 3. The van der Waals surface area contributed by atoms with Crippen LogP contribution < -0.4 is 10.7 Å². The quantitative estimate of drug-likeness (QED) is 0.395. The molecule has 4 aromatic rings. The number of H-pyrrole nitrogens is 1. The highest BCUT2D eigenvalue weighted by atomic mass is 35.5. The summed E-state index contributed by atoms with van der Waals surface area (Å²) in [7, 11) is 0. The minimum atomic E-state index is -1.36. The number of carbonyl (C=O) groups is 3. The van der Waals surface area contributed by atoms with Crippen LogP contribution in [-0.4, -0.2) is 33.5 Å². The Labute approximate surface area is 203 Å². The molecule has 3 N–H and O–H groups in total. The van der Waals surface area contributed by atoms with E-state index in [9.17, 15) is 14.4 Å². The Bertz CT molecular complexity index is 1500. The molecule has 1 spiro atoms. The molecule has 3 heterocycles. The minimum absolute atomic E-state index is 0.0654. The third-order valence-corrected chi connectivity index (χ3v) is 7.71. The predicted octanol–water partition coefficient (Wildman–Crippen LogP) is 4.51. The first-order valence-corrected chi connectivity index (χ1v) is 11.9. The maximum atomic E-state index is 13.6. The van der Waals surface area contributed by atoms with Crippen LogP contribution in [0.3, 0.4) is 0 Å². The van der Waals surface area contributed by atoms with Gasteiger partial charge in [0.25, 0.3) is 17.7 Å². The maximum absolute atomic E-state index is 13.6. The number of fused-ring (bicyclic) bond motifs is 3. The number of nitrogens with zero attached hydrogens (tertiary/aromatic N) is 1. The Morgan fingerprint density at radius 3 is 2.62 bits per heavy atom. The van der Waals surface area contributed by atoms with E-state index in [1.165, 1.54) is 11.8 Å². The number of hydrogen-bond acceptors (Lipinski definition) is 4. The van der Waals surface area contributed by atoms with Crippen LogP contribution in [0, 0.1) is 0 Å². The second-order valence-electron chi connectivity index (χ2n) is 8.03. The third-order valence-electron chi connectivity index (χ3n) is 6.08. The molecule has 0 bridgehead atoms. The lowest BCUT2D eigenvalue weighted by atomic mass is 10.0. The lowest BCUT2D eigenvalue weighted by molar-refractivity contribution is -0.139. The minimum Gasteiger partial charge on any atom is -0.350 e. The number of thioether (sulfide) groups is 1. The van der Waals surface area contributed by atoms with E-state index in [2.05, 4.69) is 15.7 Å². The second-order valence-corrected chi connectivity index (χ2v) is 9.64. The molecule has 0 radical (unpaired) electrons. The number of hydrogen-bond donors (Lipinski definition) is 3. The van der Waals surface area contributed by atoms with E-state index in [1.807, 2.05) is 36.4 Å². The topological polar surface area (TPSA) is 94.3 Å². The van der Waals surface area contributed by atoms with Crippen molar-refractivity contribution >= 4 is 57.7 Å². The first-order valence-electron chi connectivity index (χ1n) is 10.5. The number of hydrazine groups is 1. The standard InChI is InChI=1S/C25H17ClN4O3S/c26-15-10-11-18-16(12-15)21(14-6-2-1-3-7-14)22(27-18)23(32)29-30-20(31)13-34-25(30)17-8-4-5-9-19(17)28-24(25)33/h1-12,27H,13H2,(H,28,33)(H,29,32). The molecule has 7 nitrogen and oxygen atoms in total. The zero-order chi connectivity index (χ0) is 23.4. The zero-order valence-electron chi connectivity index (χ0n) is 17.6. The SMILES string of the molecule is O=C(NN1C(=O)CSC12C(=O)Nc1ccccc12)c1[nH]c2ccc(Cl)cc2c1-c1ccccc1. The molecule has 9 heteroatoms. The van der Waals surface area contributed by atoms with Crippen molar-refractivity contribution in [2.45, 2.75) is 4.87 Å². The van der Waals surface area contributed by atoms with Gasteiger partial charge in [-0.2, -0.15) is 0 Å². The van der Waals surface area contributed by atoms with Crippen LogP contribution in [0.5, 0.6) is 0 Å². The van der Waals surface area contributed by atoms with Gasteiger partial charge in [-0.05, 0) is 29.8 Å². The van der Waals surface area contributed by atoms with Gasteiger partial charge in [0.15, 0.2) is 0 Å². The van der Waals surface area contributed by atoms with Gasteiger partial charge in [0.05, 0.1) is 5.75 Å². The van der Waals surface area contributed by atoms with E-state index in [4.69, 9.17) is 11.6 Å². The van der Waals surface area contributed by atoms with Crippen LogP contribution in [-0.2, 0) is 14.5 Å². The number of anilines is 1. The Hall–Kier alpha value is -3.75. The lowest BCUT2D eigenvalue weighted by Gasteiger charge is -2.32. The Balaban J connectivity index is 1.46. The van der Waals surface area contributed by atoms with Crippen molar-refractivity contribution in [3.63, 3.8) is 0 Å². The Kier molecular flexibility index (Phi) is 4.68. The average molecular weight is 489 g/mol. The monoisotopic (exact) mass is 488 g/mol. The molecule has 168 valence electrons. The molecule has 0 saturated carbocycles. The molecule has 3 aromatic carbocycles.